The quantitative estimate of drug-likeness (QED) is 0.730. The number of carbonyl (C=O) groups is 1. The molecule has 0 aromatic heterocycles. The maximum absolute atomic E-state index is 12.6. The first-order valence-corrected chi connectivity index (χ1v) is 4.69. The van der Waals surface area contributed by atoms with E-state index in [9.17, 15) is 18.0 Å². The van der Waals surface area contributed by atoms with Gasteiger partial charge in [-0.15, -0.1) is 0 Å². The van der Waals surface area contributed by atoms with Crippen LogP contribution in [0.5, 0.6) is 0 Å². The Morgan fingerprint density at radius 3 is 2.62 bits per heavy atom. The summed E-state index contributed by atoms with van der Waals surface area (Å²) in [5.41, 5.74) is 0.0371. The molecule has 1 aromatic carbocycles. The van der Waals surface area contributed by atoms with E-state index in [1.54, 1.807) is 5.32 Å². The lowest BCUT2D eigenvalue weighted by Gasteiger charge is -2.28. The zero-order valence-corrected chi connectivity index (χ0v) is 8.49. The second kappa shape index (κ2) is 3.55. The van der Waals surface area contributed by atoms with Crippen LogP contribution in [-0.2, 0) is 0 Å². The Bertz CT molecular complexity index is 447. The van der Waals surface area contributed by atoms with Crippen molar-refractivity contribution in [1.82, 2.24) is 5.32 Å². The summed E-state index contributed by atoms with van der Waals surface area (Å²) in [5, 5.41) is 4.27. The molecule has 1 aromatic rings. The van der Waals surface area contributed by atoms with Crippen molar-refractivity contribution in [2.45, 2.75) is 12.2 Å². The number of hydrogen-bond donors (Lipinski definition) is 2. The molecule has 1 aliphatic heterocycles. The molecular weight excluding hydrogens is 245 g/mol. The predicted octanol–water partition coefficient (Wildman–Crippen LogP) is 3.08. The summed E-state index contributed by atoms with van der Waals surface area (Å²) < 4.78 is 37.9. The summed E-state index contributed by atoms with van der Waals surface area (Å²) in [7, 11) is 0. The van der Waals surface area contributed by atoms with E-state index in [4.69, 9.17) is 11.6 Å². The Kier molecular flexibility index (Phi) is 2.46. The molecule has 0 bridgehead atoms. The third-order valence-electron chi connectivity index (χ3n) is 2.18. The monoisotopic (exact) mass is 250 g/mol. The lowest BCUT2D eigenvalue weighted by atomic mass is 10.0. The smallest absolute Gasteiger partial charge is 0.322 e. The van der Waals surface area contributed by atoms with Crippen LogP contribution in [0.25, 0.3) is 0 Å². The van der Waals surface area contributed by atoms with E-state index >= 15 is 0 Å². The van der Waals surface area contributed by atoms with Gasteiger partial charge in [0.1, 0.15) is 0 Å². The molecule has 2 rings (SSSR count). The number of amides is 2. The van der Waals surface area contributed by atoms with Crippen molar-refractivity contribution in [2.75, 3.05) is 5.32 Å². The summed E-state index contributed by atoms with van der Waals surface area (Å²) >= 11 is 5.62. The van der Waals surface area contributed by atoms with Gasteiger partial charge < -0.3 is 10.6 Å². The van der Waals surface area contributed by atoms with Crippen LogP contribution in [0.15, 0.2) is 18.2 Å². The van der Waals surface area contributed by atoms with E-state index in [2.05, 4.69) is 5.32 Å². The highest BCUT2D eigenvalue weighted by molar-refractivity contribution is 6.30. The minimum atomic E-state index is -4.54. The van der Waals surface area contributed by atoms with Crippen LogP contribution in [0.4, 0.5) is 23.7 Å². The first-order valence-electron chi connectivity index (χ1n) is 4.31. The number of urea groups is 1. The van der Waals surface area contributed by atoms with Crippen molar-refractivity contribution in [3.8, 4) is 0 Å². The zero-order valence-electron chi connectivity index (χ0n) is 7.73. The number of anilines is 1. The average molecular weight is 251 g/mol. The number of rotatable bonds is 0. The van der Waals surface area contributed by atoms with Gasteiger partial charge in [0, 0.05) is 16.3 Å². The van der Waals surface area contributed by atoms with Gasteiger partial charge in [-0.2, -0.15) is 13.2 Å². The second-order valence-electron chi connectivity index (χ2n) is 3.30. The molecule has 2 amide bonds. The molecule has 86 valence electrons. The van der Waals surface area contributed by atoms with Crippen LogP contribution in [0.1, 0.15) is 11.6 Å². The average Bonchev–Trinajstić information content (AvgIpc) is 2.16. The van der Waals surface area contributed by atoms with Crippen molar-refractivity contribution in [3.63, 3.8) is 0 Å². The Morgan fingerprint density at radius 1 is 1.31 bits per heavy atom. The van der Waals surface area contributed by atoms with Gasteiger partial charge in [0.05, 0.1) is 0 Å². The van der Waals surface area contributed by atoms with Gasteiger partial charge >= 0.3 is 12.2 Å². The third kappa shape index (κ3) is 1.92. The van der Waals surface area contributed by atoms with Gasteiger partial charge in [0.25, 0.3) is 0 Å². The largest absolute Gasteiger partial charge is 0.413 e. The normalized spacial score (nSPS) is 19.8. The van der Waals surface area contributed by atoms with Gasteiger partial charge in [-0.25, -0.2) is 4.79 Å². The SMILES string of the molecule is O=C1Nc2ccc(Cl)cc2[C@@H](C(F)(F)F)N1. The van der Waals surface area contributed by atoms with E-state index in [-0.39, 0.29) is 16.3 Å². The van der Waals surface area contributed by atoms with Crippen LogP contribution in [-0.4, -0.2) is 12.2 Å². The summed E-state index contributed by atoms with van der Waals surface area (Å²) in [6.45, 7) is 0. The molecule has 2 N–H and O–H groups in total. The number of benzene rings is 1. The fourth-order valence-corrected chi connectivity index (χ4v) is 1.69. The lowest BCUT2D eigenvalue weighted by Crippen LogP contribution is -2.44. The Balaban J connectivity index is 2.52. The summed E-state index contributed by atoms with van der Waals surface area (Å²) in [5.74, 6) is 0. The molecule has 0 spiro atoms. The molecular formula is C9H6ClF3N2O. The lowest BCUT2D eigenvalue weighted by molar-refractivity contribution is -0.155. The Morgan fingerprint density at radius 2 is 2.00 bits per heavy atom. The van der Waals surface area contributed by atoms with E-state index in [1.807, 2.05) is 0 Å². The highest BCUT2D eigenvalue weighted by Crippen LogP contribution is 2.39. The van der Waals surface area contributed by atoms with E-state index < -0.39 is 18.2 Å². The molecule has 0 unspecified atom stereocenters. The van der Waals surface area contributed by atoms with E-state index in [1.165, 1.54) is 18.2 Å². The number of nitrogens with one attached hydrogen (secondary N) is 2. The van der Waals surface area contributed by atoms with Gasteiger partial charge in [0.15, 0.2) is 6.04 Å². The topological polar surface area (TPSA) is 41.1 Å². The molecule has 7 heteroatoms. The molecule has 0 radical (unpaired) electrons. The van der Waals surface area contributed by atoms with Gasteiger partial charge in [0.2, 0.25) is 0 Å². The Hall–Kier alpha value is -1.43. The minimum absolute atomic E-state index is 0.0837. The number of carbonyl (C=O) groups excluding carboxylic acids is 1. The highest BCUT2D eigenvalue weighted by atomic mass is 35.5. The fourth-order valence-electron chi connectivity index (χ4n) is 1.51. The van der Waals surface area contributed by atoms with Crippen molar-refractivity contribution < 1.29 is 18.0 Å². The first kappa shape index (κ1) is 11.1. The summed E-state index contributed by atoms with van der Waals surface area (Å²) in [6.07, 6.45) is -4.54. The standard InChI is InChI=1S/C9H6ClF3N2O/c10-4-1-2-6-5(3-4)7(9(11,12)13)15-8(16)14-6/h1-3,7H,(H2,14,15,16)/t7-/m0/s1. The molecule has 1 heterocycles. The molecule has 0 aliphatic carbocycles. The molecule has 0 fully saturated rings. The van der Waals surface area contributed by atoms with Crippen LogP contribution in [0.3, 0.4) is 0 Å². The third-order valence-corrected chi connectivity index (χ3v) is 2.41. The minimum Gasteiger partial charge on any atom is -0.322 e. The van der Waals surface area contributed by atoms with Gasteiger partial charge in [-0.1, -0.05) is 11.6 Å². The molecule has 16 heavy (non-hydrogen) atoms. The maximum Gasteiger partial charge on any atom is 0.413 e. The van der Waals surface area contributed by atoms with Crippen LogP contribution in [0.2, 0.25) is 5.02 Å². The maximum atomic E-state index is 12.6. The van der Waals surface area contributed by atoms with Gasteiger partial charge in [-0.05, 0) is 18.2 Å². The zero-order chi connectivity index (χ0) is 11.9. The van der Waals surface area contributed by atoms with Crippen molar-refractivity contribution >= 4 is 23.3 Å². The van der Waals surface area contributed by atoms with Crippen LogP contribution < -0.4 is 10.6 Å². The number of hydrogen-bond acceptors (Lipinski definition) is 1. The van der Waals surface area contributed by atoms with Gasteiger partial charge in [-0.3, -0.25) is 0 Å². The van der Waals surface area contributed by atoms with Crippen LogP contribution in [0, 0.1) is 0 Å². The molecule has 1 atom stereocenters. The predicted molar refractivity (Wildman–Crippen MR) is 52.4 cm³/mol. The van der Waals surface area contributed by atoms with Crippen LogP contribution >= 0.6 is 11.6 Å². The molecule has 3 nitrogen and oxygen atoms in total. The van der Waals surface area contributed by atoms with Crippen molar-refractivity contribution in [1.29, 1.82) is 0 Å². The second-order valence-corrected chi connectivity index (χ2v) is 3.74. The molecule has 0 saturated carbocycles. The number of halogens is 4. The van der Waals surface area contributed by atoms with E-state index in [0.29, 0.717) is 0 Å². The fraction of sp³-hybridized carbons (Fsp3) is 0.222. The number of fused-ring (bicyclic) bond motifs is 1. The van der Waals surface area contributed by atoms with E-state index in [0.717, 1.165) is 0 Å². The molecule has 1 aliphatic rings. The highest BCUT2D eigenvalue weighted by Gasteiger charge is 2.45. The Labute approximate surface area is 93.6 Å². The summed E-state index contributed by atoms with van der Waals surface area (Å²) in [6, 6.07) is 1.04. The molecule has 0 saturated heterocycles. The summed E-state index contributed by atoms with van der Waals surface area (Å²) in [4.78, 5) is 11.0. The first-order chi connectivity index (χ1) is 7.38. The van der Waals surface area contributed by atoms with Crippen molar-refractivity contribution in [2.24, 2.45) is 0 Å². The number of alkyl halides is 3. The van der Waals surface area contributed by atoms with Crippen molar-refractivity contribution in [3.05, 3.63) is 28.8 Å².